The van der Waals surface area contributed by atoms with E-state index in [1.165, 1.54) is 44.5 Å². The van der Waals surface area contributed by atoms with Gasteiger partial charge in [-0.3, -0.25) is 0 Å². The molecule has 0 amide bonds. The van der Waals surface area contributed by atoms with Gasteiger partial charge in [0.25, 0.3) is 0 Å². The van der Waals surface area contributed by atoms with E-state index in [0.717, 1.165) is 5.75 Å². The van der Waals surface area contributed by atoms with E-state index in [-0.39, 0.29) is 41.1 Å². The first kappa shape index (κ1) is 30.5. The molecular weight excluding hydrogens is 526 g/mol. The van der Waals surface area contributed by atoms with Crippen LogP contribution in [0, 0.1) is 0 Å². The Balaban J connectivity index is 0.00000272. The van der Waals surface area contributed by atoms with E-state index >= 15 is 0 Å². The molecule has 0 N–H and O–H groups in total. The van der Waals surface area contributed by atoms with Crippen molar-refractivity contribution in [1.29, 1.82) is 0 Å². The summed E-state index contributed by atoms with van der Waals surface area (Å²) < 4.78 is 6.71. The van der Waals surface area contributed by atoms with Crippen molar-refractivity contribution in [2.75, 3.05) is 7.11 Å². The van der Waals surface area contributed by atoms with Crippen molar-refractivity contribution in [1.82, 2.24) is 0 Å². The van der Waals surface area contributed by atoms with Gasteiger partial charge in [0.2, 0.25) is 0 Å². The third-order valence-corrected chi connectivity index (χ3v) is 8.34. The summed E-state index contributed by atoms with van der Waals surface area (Å²) >= 11 is 1.55. The quantitative estimate of drug-likeness (QED) is 0.543. The largest absolute Gasteiger partial charge is 1.00 e. The van der Waals surface area contributed by atoms with Crippen molar-refractivity contribution in [3.05, 3.63) is 57.7 Å². The summed E-state index contributed by atoms with van der Waals surface area (Å²) in [5, 5.41) is 0. The monoisotopic (exact) mass is 563 g/mol. The molecule has 0 bridgehead atoms. The van der Waals surface area contributed by atoms with Crippen LogP contribution >= 0.6 is 0 Å². The fourth-order valence-corrected chi connectivity index (χ4v) is 5.14. The number of allylic oxidation sites excluding steroid dienone is 1. The summed E-state index contributed by atoms with van der Waals surface area (Å²) in [5.41, 5.74) is 11.1. The molecule has 1 aliphatic rings. The van der Waals surface area contributed by atoms with Crippen LogP contribution in [-0.2, 0) is 41.0 Å². The zero-order chi connectivity index (χ0) is 23.5. The SMILES string of the molecule is COc1c(C(C)(C)C)cc2c(c1-c1cc(C(C)(C)C)cc(C(C)(C)C)c1)C=C(C)[CH]2[Zr+2].[Cl-].[Cl-]. The Morgan fingerprint density at radius 3 is 1.64 bits per heavy atom. The zero-order valence-corrected chi connectivity index (χ0v) is 26.1. The van der Waals surface area contributed by atoms with E-state index in [4.69, 9.17) is 4.74 Å². The Morgan fingerprint density at radius 1 is 0.758 bits per heavy atom. The first-order valence-electron chi connectivity index (χ1n) is 11.4. The average molecular weight is 566 g/mol. The van der Waals surface area contributed by atoms with Gasteiger partial charge < -0.3 is 24.8 Å². The van der Waals surface area contributed by atoms with Crippen molar-refractivity contribution in [2.24, 2.45) is 0 Å². The number of rotatable bonds is 2. The van der Waals surface area contributed by atoms with Gasteiger partial charge in [-0.25, -0.2) is 0 Å². The molecule has 0 saturated carbocycles. The first-order valence-corrected chi connectivity index (χ1v) is 12.8. The second-order valence-electron chi connectivity index (χ2n) is 12.2. The minimum Gasteiger partial charge on any atom is -1.00 e. The van der Waals surface area contributed by atoms with Crippen LogP contribution in [-0.4, -0.2) is 7.11 Å². The van der Waals surface area contributed by atoms with Gasteiger partial charge in [0, 0.05) is 0 Å². The standard InChI is InChI=1S/C29H39O.2ClH.Zr/c1-18-12-19-16-24(29(8,9)10)26(30-11)25(23(19)13-18)20-14-21(27(2,3)4)17-22(15-20)28(5,6)7;;;/h12-17H,1-11H3;2*1H;/q;;;+2/p-2. The number of hydrogen-bond acceptors (Lipinski definition) is 1. The van der Waals surface area contributed by atoms with Gasteiger partial charge in [-0.05, 0) is 0 Å². The molecule has 0 saturated heterocycles. The minimum absolute atomic E-state index is 0. The summed E-state index contributed by atoms with van der Waals surface area (Å²) in [6.45, 7) is 23.0. The molecule has 3 rings (SSSR count). The predicted octanol–water partition coefficient (Wildman–Crippen LogP) is 2.27. The van der Waals surface area contributed by atoms with Crippen molar-refractivity contribution >= 4 is 6.08 Å². The molecule has 2 aromatic rings. The van der Waals surface area contributed by atoms with Crippen molar-refractivity contribution < 1.29 is 54.3 Å². The molecular formula is C29H39Cl2OZr. The Bertz CT molecular complexity index is 1010. The second kappa shape index (κ2) is 10.2. The molecule has 0 radical (unpaired) electrons. The maximum atomic E-state index is 6.18. The zero-order valence-electron chi connectivity index (χ0n) is 22.1. The van der Waals surface area contributed by atoms with Crippen molar-refractivity contribution in [3.8, 4) is 16.9 Å². The van der Waals surface area contributed by atoms with Crippen molar-refractivity contribution in [2.45, 2.75) is 89.1 Å². The molecule has 1 unspecified atom stereocenters. The topological polar surface area (TPSA) is 9.23 Å². The van der Waals surface area contributed by atoms with Crippen LogP contribution in [0.2, 0.25) is 0 Å². The molecule has 1 atom stereocenters. The molecule has 33 heavy (non-hydrogen) atoms. The molecule has 0 aliphatic heterocycles. The Morgan fingerprint density at radius 2 is 1.24 bits per heavy atom. The van der Waals surface area contributed by atoms with Crippen LogP contribution in [0.5, 0.6) is 5.75 Å². The van der Waals surface area contributed by atoms with Crippen LogP contribution < -0.4 is 29.6 Å². The van der Waals surface area contributed by atoms with Gasteiger partial charge in [0.1, 0.15) is 0 Å². The van der Waals surface area contributed by atoms with Gasteiger partial charge in [-0.2, -0.15) is 0 Å². The van der Waals surface area contributed by atoms with Crippen LogP contribution in [0.1, 0.15) is 101 Å². The van der Waals surface area contributed by atoms with Gasteiger partial charge >= 0.3 is 206 Å². The molecule has 0 heterocycles. The molecule has 2 aromatic carbocycles. The van der Waals surface area contributed by atoms with E-state index in [1.54, 1.807) is 24.7 Å². The van der Waals surface area contributed by atoms with Crippen LogP contribution in [0.15, 0.2) is 29.8 Å². The fraction of sp³-hybridized carbons (Fsp3) is 0.517. The van der Waals surface area contributed by atoms with Gasteiger partial charge in [0.05, 0.1) is 0 Å². The number of hydrogen-bond donors (Lipinski definition) is 0. The normalized spacial score (nSPS) is 15.9. The number of methoxy groups -OCH3 is 1. The molecule has 4 heteroatoms. The third-order valence-electron chi connectivity index (χ3n) is 6.46. The Kier molecular flexibility index (Phi) is 9.42. The number of ether oxygens (including phenoxy) is 1. The van der Waals surface area contributed by atoms with Crippen molar-refractivity contribution in [3.63, 3.8) is 0 Å². The van der Waals surface area contributed by atoms with E-state index in [0.29, 0.717) is 3.63 Å². The number of halogens is 2. The minimum atomic E-state index is 0. The first-order chi connectivity index (χ1) is 14.1. The molecule has 0 spiro atoms. The van der Waals surface area contributed by atoms with E-state index < -0.39 is 0 Å². The molecule has 1 aliphatic carbocycles. The van der Waals surface area contributed by atoms with E-state index in [1.807, 2.05) is 7.11 Å². The van der Waals surface area contributed by atoms with Crippen LogP contribution in [0.25, 0.3) is 17.2 Å². The number of benzene rings is 2. The summed E-state index contributed by atoms with van der Waals surface area (Å²) in [7, 11) is 1.83. The Labute approximate surface area is 229 Å². The van der Waals surface area contributed by atoms with E-state index in [2.05, 4.69) is 99.6 Å². The summed E-state index contributed by atoms with van der Waals surface area (Å²) in [5.74, 6) is 1.03. The van der Waals surface area contributed by atoms with Crippen LogP contribution in [0.3, 0.4) is 0 Å². The van der Waals surface area contributed by atoms with Gasteiger partial charge in [0.15, 0.2) is 0 Å². The third kappa shape index (κ3) is 5.99. The van der Waals surface area contributed by atoms with E-state index in [9.17, 15) is 0 Å². The summed E-state index contributed by atoms with van der Waals surface area (Å²) in [6.07, 6.45) is 2.40. The summed E-state index contributed by atoms with van der Waals surface area (Å²) in [6, 6.07) is 9.62. The maximum Gasteiger partial charge on any atom is -1.00 e. The van der Waals surface area contributed by atoms with Crippen LogP contribution in [0.4, 0.5) is 0 Å². The second-order valence-corrected chi connectivity index (χ2v) is 13.6. The maximum absolute atomic E-state index is 6.18. The molecule has 1 nitrogen and oxygen atoms in total. The Hall–Kier alpha value is -0.557. The predicted molar refractivity (Wildman–Crippen MR) is 131 cm³/mol. The van der Waals surface area contributed by atoms with Gasteiger partial charge in [-0.1, -0.05) is 0 Å². The molecule has 0 aromatic heterocycles. The van der Waals surface area contributed by atoms with Gasteiger partial charge in [-0.15, -0.1) is 0 Å². The summed E-state index contributed by atoms with van der Waals surface area (Å²) in [4.78, 5) is 0. The number of fused-ring (bicyclic) bond motifs is 1. The average Bonchev–Trinajstić information content (AvgIpc) is 2.91. The fourth-order valence-electron chi connectivity index (χ4n) is 4.34. The molecule has 179 valence electrons. The molecule has 0 fully saturated rings. The smallest absolute Gasteiger partial charge is 1.00 e.